The standard InChI is InChI=1S/C16H24BrNO/c1-3-16(9-5-6-10-16)15(18)12-7-8-14(19-4-2)13(17)11-12/h7-8,11,15H,3-6,9-10,18H2,1-2H3. The largest absolute Gasteiger partial charge is 0.493 e. The average Bonchev–Trinajstić information content (AvgIpc) is 2.90. The summed E-state index contributed by atoms with van der Waals surface area (Å²) in [5, 5.41) is 0. The van der Waals surface area contributed by atoms with Crippen molar-refractivity contribution in [2.75, 3.05) is 6.61 Å². The molecule has 0 amide bonds. The molecule has 1 saturated carbocycles. The zero-order valence-corrected chi connectivity index (χ0v) is 13.5. The highest BCUT2D eigenvalue weighted by Crippen LogP contribution is 2.49. The highest BCUT2D eigenvalue weighted by molar-refractivity contribution is 9.10. The van der Waals surface area contributed by atoms with Gasteiger partial charge in [-0.3, -0.25) is 0 Å². The molecule has 0 aromatic heterocycles. The third-order valence-electron chi connectivity index (χ3n) is 4.58. The third kappa shape index (κ3) is 2.97. The molecule has 0 aliphatic heterocycles. The Balaban J connectivity index is 2.23. The highest BCUT2D eigenvalue weighted by atomic mass is 79.9. The first-order chi connectivity index (χ1) is 9.13. The van der Waals surface area contributed by atoms with Crippen molar-refractivity contribution in [1.29, 1.82) is 0 Å². The summed E-state index contributed by atoms with van der Waals surface area (Å²) >= 11 is 3.58. The fourth-order valence-corrected chi connectivity index (χ4v) is 3.81. The first-order valence-electron chi connectivity index (χ1n) is 7.31. The molecule has 1 aromatic carbocycles. The Hall–Kier alpha value is -0.540. The summed E-state index contributed by atoms with van der Waals surface area (Å²) in [6.45, 7) is 4.95. The van der Waals surface area contributed by atoms with Gasteiger partial charge in [-0.05, 0) is 65.2 Å². The summed E-state index contributed by atoms with van der Waals surface area (Å²) in [5.74, 6) is 0.899. The van der Waals surface area contributed by atoms with E-state index in [2.05, 4.69) is 35.0 Å². The molecule has 0 heterocycles. The van der Waals surface area contributed by atoms with Crippen molar-refractivity contribution in [1.82, 2.24) is 0 Å². The Morgan fingerprint density at radius 1 is 1.32 bits per heavy atom. The van der Waals surface area contributed by atoms with E-state index < -0.39 is 0 Å². The maximum Gasteiger partial charge on any atom is 0.133 e. The van der Waals surface area contributed by atoms with Crippen molar-refractivity contribution in [2.45, 2.75) is 52.0 Å². The summed E-state index contributed by atoms with van der Waals surface area (Å²) < 4.78 is 6.57. The number of nitrogens with two attached hydrogens (primary N) is 1. The predicted molar refractivity (Wildman–Crippen MR) is 83.4 cm³/mol. The number of benzene rings is 1. The van der Waals surface area contributed by atoms with Crippen LogP contribution in [-0.2, 0) is 0 Å². The first kappa shape index (κ1) is 14.9. The molecule has 2 nitrogen and oxygen atoms in total. The fraction of sp³-hybridized carbons (Fsp3) is 0.625. The van der Waals surface area contributed by atoms with E-state index in [0.717, 1.165) is 10.2 Å². The van der Waals surface area contributed by atoms with Crippen LogP contribution in [0.2, 0.25) is 0 Å². The number of rotatable bonds is 5. The molecule has 2 rings (SSSR count). The van der Waals surface area contributed by atoms with Gasteiger partial charge in [0.05, 0.1) is 11.1 Å². The molecule has 1 fully saturated rings. The van der Waals surface area contributed by atoms with Crippen molar-refractivity contribution < 1.29 is 4.74 Å². The fourth-order valence-electron chi connectivity index (χ4n) is 3.30. The number of ether oxygens (including phenoxy) is 1. The molecule has 1 aliphatic rings. The zero-order valence-electron chi connectivity index (χ0n) is 11.9. The SMILES string of the molecule is CCOc1ccc(C(N)C2(CC)CCCC2)cc1Br. The van der Waals surface area contributed by atoms with Gasteiger partial charge in [-0.25, -0.2) is 0 Å². The second kappa shape index (κ2) is 6.27. The zero-order chi connectivity index (χ0) is 13.9. The lowest BCUT2D eigenvalue weighted by molar-refractivity contribution is 0.222. The van der Waals surface area contributed by atoms with E-state index in [0.29, 0.717) is 12.0 Å². The van der Waals surface area contributed by atoms with Crippen LogP contribution in [0.25, 0.3) is 0 Å². The summed E-state index contributed by atoms with van der Waals surface area (Å²) in [6.07, 6.45) is 6.32. The highest BCUT2D eigenvalue weighted by Gasteiger charge is 2.38. The van der Waals surface area contributed by atoms with Crippen molar-refractivity contribution >= 4 is 15.9 Å². The lowest BCUT2D eigenvalue weighted by Crippen LogP contribution is -2.31. The van der Waals surface area contributed by atoms with E-state index in [-0.39, 0.29) is 6.04 Å². The molecule has 0 saturated heterocycles. The molecule has 0 radical (unpaired) electrons. The van der Waals surface area contributed by atoms with Gasteiger partial charge in [-0.1, -0.05) is 25.8 Å². The lowest BCUT2D eigenvalue weighted by Gasteiger charge is -2.35. The van der Waals surface area contributed by atoms with Crippen LogP contribution in [0.15, 0.2) is 22.7 Å². The van der Waals surface area contributed by atoms with Crippen LogP contribution in [0.1, 0.15) is 57.6 Å². The first-order valence-corrected chi connectivity index (χ1v) is 8.10. The number of hydrogen-bond acceptors (Lipinski definition) is 2. The lowest BCUT2D eigenvalue weighted by atomic mass is 9.74. The van der Waals surface area contributed by atoms with Gasteiger partial charge in [0.15, 0.2) is 0 Å². The van der Waals surface area contributed by atoms with E-state index in [4.69, 9.17) is 10.5 Å². The van der Waals surface area contributed by atoms with Gasteiger partial charge < -0.3 is 10.5 Å². The van der Waals surface area contributed by atoms with Gasteiger partial charge >= 0.3 is 0 Å². The molecule has 1 atom stereocenters. The Bertz CT molecular complexity index is 427. The summed E-state index contributed by atoms with van der Waals surface area (Å²) in [7, 11) is 0. The monoisotopic (exact) mass is 325 g/mol. The average molecular weight is 326 g/mol. The van der Waals surface area contributed by atoms with E-state index >= 15 is 0 Å². The van der Waals surface area contributed by atoms with Crippen LogP contribution in [-0.4, -0.2) is 6.61 Å². The van der Waals surface area contributed by atoms with Crippen LogP contribution in [0.3, 0.4) is 0 Å². The smallest absolute Gasteiger partial charge is 0.133 e. The van der Waals surface area contributed by atoms with Gasteiger partial charge in [0.1, 0.15) is 5.75 Å². The Kier molecular flexibility index (Phi) is 4.91. The van der Waals surface area contributed by atoms with Gasteiger partial charge in [-0.15, -0.1) is 0 Å². The normalized spacial score (nSPS) is 19.4. The van der Waals surface area contributed by atoms with Gasteiger partial charge in [0, 0.05) is 6.04 Å². The Labute approximate surface area is 124 Å². The van der Waals surface area contributed by atoms with Crippen molar-refractivity contribution in [3.8, 4) is 5.75 Å². The van der Waals surface area contributed by atoms with E-state index in [9.17, 15) is 0 Å². The van der Waals surface area contributed by atoms with Crippen LogP contribution >= 0.6 is 15.9 Å². The molecular weight excluding hydrogens is 302 g/mol. The summed E-state index contributed by atoms with van der Waals surface area (Å²) in [6, 6.07) is 6.41. The minimum Gasteiger partial charge on any atom is -0.493 e. The minimum absolute atomic E-state index is 0.131. The third-order valence-corrected chi connectivity index (χ3v) is 5.20. The molecule has 0 spiro atoms. The van der Waals surface area contributed by atoms with E-state index in [1.165, 1.54) is 37.7 Å². The molecular formula is C16H24BrNO. The number of hydrogen-bond donors (Lipinski definition) is 1. The Morgan fingerprint density at radius 3 is 2.53 bits per heavy atom. The molecule has 1 aliphatic carbocycles. The predicted octanol–water partition coefficient (Wildman–Crippen LogP) is 4.82. The second-order valence-electron chi connectivity index (χ2n) is 5.52. The van der Waals surface area contributed by atoms with E-state index in [1.54, 1.807) is 0 Å². The molecule has 1 aromatic rings. The molecule has 0 bridgehead atoms. The van der Waals surface area contributed by atoms with Crippen molar-refractivity contribution in [3.05, 3.63) is 28.2 Å². The van der Waals surface area contributed by atoms with Crippen LogP contribution < -0.4 is 10.5 Å². The Morgan fingerprint density at radius 2 is 2.00 bits per heavy atom. The van der Waals surface area contributed by atoms with Gasteiger partial charge in [-0.2, -0.15) is 0 Å². The van der Waals surface area contributed by atoms with Crippen LogP contribution in [0, 0.1) is 5.41 Å². The number of halogens is 1. The molecule has 3 heteroatoms. The second-order valence-corrected chi connectivity index (χ2v) is 6.38. The minimum atomic E-state index is 0.131. The molecule has 2 N–H and O–H groups in total. The quantitative estimate of drug-likeness (QED) is 0.842. The molecule has 1 unspecified atom stereocenters. The van der Waals surface area contributed by atoms with Gasteiger partial charge in [0.25, 0.3) is 0 Å². The maximum atomic E-state index is 6.58. The van der Waals surface area contributed by atoms with Gasteiger partial charge in [0.2, 0.25) is 0 Å². The maximum absolute atomic E-state index is 6.58. The summed E-state index contributed by atoms with van der Waals surface area (Å²) in [5.41, 5.74) is 8.10. The van der Waals surface area contributed by atoms with E-state index in [1.807, 2.05) is 13.0 Å². The van der Waals surface area contributed by atoms with Crippen LogP contribution in [0.5, 0.6) is 5.75 Å². The summed E-state index contributed by atoms with van der Waals surface area (Å²) in [4.78, 5) is 0. The molecule has 106 valence electrons. The van der Waals surface area contributed by atoms with Crippen molar-refractivity contribution in [2.24, 2.45) is 11.1 Å². The van der Waals surface area contributed by atoms with Crippen LogP contribution in [0.4, 0.5) is 0 Å². The van der Waals surface area contributed by atoms with Crippen molar-refractivity contribution in [3.63, 3.8) is 0 Å². The molecule has 19 heavy (non-hydrogen) atoms. The topological polar surface area (TPSA) is 35.2 Å².